The second-order valence-electron chi connectivity index (χ2n) is 5.83. The molecule has 1 saturated heterocycles. The minimum Gasteiger partial charge on any atom is -0.444 e. The van der Waals surface area contributed by atoms with Gasteiger partial charge in [-0.2, -0.15) is 0 Å². The van der Waals surface area contributed by atoms with Gasteiger partial charge >= 0.3 is 6.09 Å². The summed E-state index contributed by atoms with van der Waals surface area (Å²) < 4.78 is 10.4. The van der Waals surface area contributed by atoms with Gasteiger partial charge in [0.15, 0.2) is 0 Å². The van der Waals surface area contributed by atoms with Crippen molar-refractivity contribution in [1.82, 2.24) is 9.80 Å². The Labute approximate surface area is 120 Å². The Morgan fingerprint density at radius 3 is 2.25 bits per heavy atom. The van der Waals surface area contributed by atoms with Crippen molar-refractivity contribution in [2.24, 2.45) is 5.73 Å². The molecule has 1 heterocycles. The van der Waals surface area contributed by atoms with E-state index in [1.54, 1.807) is 4.90 Å². The molecule has 0 bridgehead atoms. The van der Waals surface area contributed by atoms with Crippen LogP contribution in [0.25, 0.3) is 0 Å². The third-order valence-corrected chi connectivity index (χ3v) is 2.82. The molecule has 1 aliphatic heterocycles. The summed E-state index contributed by atoms with van der Waals surface area (Å²) >= 11 is 0. The Hall–Kier alpha value is -1.34. The van der Waals surface area contributed by atoms with Gasteiger partial charge < -0.3 is 20.1 Å². The van der Waals surface area contributed by atoms with Crippen molar-refractivity contribution < 1.29 is 19.1 Å². The molecule has 20 heavy (non-hydrogen) atoms. The summed E-state index contributed by atoms with van der Waals surface area (Å²) in [5, 5.41) is 0. The van der Waals surface area contributed by atoms with E-state index in [4.69, 9.17) is 15.2 Å². The first-order chi connectivity index (χ1) is 9.28. The van der Waals surface area contributed by atoms with E-state index in [-0.39, 0.29) is 12.7 Å². The molecule has 0 spiro atoms. The molecule has 0 atom stereocenters. The van der Waals surface area contributed by atoms with Gasteiger partial charge in [-0.1, -0.05) is 0 Å². The first kappa shape index (κ1) is 16.7. The number of nitrogens with zero attached hydrogens (tertiary/aromatic N) is 2. The fourth-order valence-electron chi connectivity index (χ4n) is 1.85. The topological polar surface area (TPSA) is 85.1 Å². The summed E-state index contributed by atoms with van der Waals surface area (Å²) in [6.07, 6.45) is -0.262. The van der Waals surface area contributed by atoms with E-state index in [1.807, 2.05) is 20.8 Å². The van der Waals surface area contributed by atoms with Crippen LogP contribution in [-0.2, 0) is 14.3 Å². The normalized spacial score (nSPS) is 17.1. The summed E-state index contributed by atoms with van der Waals surface area (Å²) in [4.78, 5) is 26.3. The van der Waals surface area contributed by atoms with Gasteiger partial charge in [-0.25, -0.2) is 4.79 Å². The predicted octanol–water partition coefficient (Wildman–Crippen LogP) is 0.0410. The molecule has 7 nitrogen and oxygen atoms in total. The van der Waals surface area contributed by atoms with Crippen LogP contribution in [0.2, 0.25) is 0 Å². The fraction of sp³-hybridized carbons (Fsp3) is 0.846. The van der Waals surface area contributed by atoms with Crippen molar-refractivity contribution in [2.75, 3.05) is 45.9 Å². The largest absolute Gasteiger partial charge is 0.444 e. The van der Waals surface area contributed by atoms with Gasteiger partial charge in [-0.15, -0.1) is 0 Å². The van der Waals surface area contributed by atoms with E-state index in [9.17, 15) is 9.59 Å². The SMILES string of the molecule is CC(C)(C)OC(=O)N1CCN(CCOCC(N)=O)CC1. The number of amides is 2. The van der Waals surface area contributed by atoms with Crippen molar-refractivity contribution in [3.05, 3.63) is 0 Å². The second kappa shape index (κ2) is 7.44. The van der Waals surface area contributed by atoms with Gasteiger partial charge in [0, 0.05) is 32.7 Å². The summed E-state index contributed by atoms with van der Waals surface area (Å²) in [6, 6.07) is 0. The number of piperazine rings is 1. The number of rotatable bonds is 5. The van der Waals surface area contributed by atoms with Gasteiger partial charge in [0.1, 0.15) is 12.2 Å². The summed E-state index contributed by atoms with van der Waals surface area (Å²) in [5.74, 6) is -0.459. The minimum absolute atomic E-state index is 0.0438. The van der Waals surface area contributed by atoms with Gasteiger partial charge in [0.05, 0.1) is 6.61 Å². The molecule has 1 rings (SSSR count). The minimum atomic E-state index is -0.461. The maximum Gasteiger partial charge on any atom is 0.410 e. The van der Waals surface area contributed by atoms with E-state index in [2.05, 4.69) is 4.90 Å². The quantitative estimate of drug-likeness (QED) is 0.722. The lowest BCUT2D eigenvalue weighted by Gasteiger charge is -2.35. The number of primary amides is 1. The Kier molecular flexibility index (Phi) is 6.22. The Bertz CT molecular complexity index is 333. The predicted molar refractivity (Wildman–Crippen MR) is 74.3 cm³/mol. The highest BCUT2D eigenvalue weighted by molar-refractivity contribution is 5.74. The zero-order valence-corrected chi connectivity index (χ0v) is 12.6. The van der Waals surface area contributed by atoms with Crippen molar-refractivity contribution >= 4 is 12.0 Å². The third-order valence-electron chi connectivity index (χ3n) is 2.82. The van der Waals surface area contributed by atoms with Gasteiger partial charge in [0.25, 0.3) is 0 Å². The van der Waals surface area contributed by atoms with E-state index >= 15 is 0 Å². The van der Waals surface area contributed by atoms with Gasteiger partial charge in [0.2, 0.25) is 5.91 Å². The van der Waals surface area contributed by atoms with Crippen LogP contribution in [0.5, 0.6) is 0 Å². The Morgan fingerprint density at radius 1 is 1.15 bits per heavy atom. The number of carbonyl (C=O) groups is 2. The molecule has 116 valence electrons. The van der Waals surface area contributed by atoms with Gasteiger partial charge in [-0.05, 0) is 20.8 Å². The van der Waals surface area contributed by atoms with Crippen molar-refractivity contribution in [1.29, 1.82) is 0 Å². The highest BCUT2D eigenvalue weighted by Gasteiger charge is 2.25. The lowest BCUT2D eigenvalue weighted by molar-refractivity contribution is -0.122. The zero-order valence-electron chi connectivity index (χ0n) is 12.6. The number of hydrogen-bond donors (Lipinski definition) is 1. The van der Waals surface area contributed by atoms with Crippen LogP contribution in [0.1, 0.15) is 20.8 Å². The molecule has 1 fully saturated rings. The summed E-state index contributed by atoms with van der Waals surface area (Å²) in [7, 11) is 0. The Morgan fingerprint density at radius 2 is 1.75 bits per heavy atom. The second-order valence-corrected chi connectivity index (χ2v) is 5.83. The molecule has 7 heteroatoms. The highest BCUT2D eigenvalue weighted by Crippen LogP contribution is 2.11. The first-order valence-corrected chi connectivity index (χ1v) is 6.84. The van der Waals surface area contributed by atoms with E-state index < -0.39 is 11.5 Å². The molecule has 2 N–H and O–H groups in total. The molecule has 2 amide bonds. The first-order valence-electron chi connectivity index (χ1n) is 6.84. The van der Waals surface area contributed by atoms with Crippen molar-refractivity contribution in [2.45, 2.75) is 26.4 Å². The van der Waals surface area contributed by atoms with Crippen LogP contribution >= 0.6 is 0 Å². The van der Waals surface area contributed by atoms with Gasteiger partial charge in [-0.3, -0.25) is 9.69 Å². The zero-order chi connectivity index (χ0) is 15.2. The lowest BCUT2D eigenvalue weighted by Crippen LogP contribution is -2.50. The molecule has 0 aromatic carbocycles. The number of carbonyl (C=O) groups excluding carboxylic acids is 2. The smallest absolute Gasteiger partial charge is 0.410 e. The molecule has 0 aromatic rings. The van der Waals surface area contributed by atoms with Crippen LogP contribution < -0.4 is 5.73 Å². The average molecular weight is 287 g/mol. The molecular weight excluding hydrogens is 262 g/mol. The monoisotopic (exact) mass is 287 g/mol. The number of hydrogen-bond acceptors (Lipinski definition) is 5. The maximum atomic E-state index is 11.9. The molecule has 0 aromatic heterocycles. The van der Waals surface area contributed by atoms with Crippen molar-refractivity contribution in [3.63, 3.8) is 0 Å². The van der Waals surface area contributed by atoms with E-state index in [0.717, 1.165) is 19.6 Å². The molecule has 1 aliphatic rings. The van der Waals surface area contributed by atoms with Crippen LogP contribution in [-0.4, -0.2) is 73.3 Å². The van der Waals surface area contributed by atoms with Crippen LogP contribution in [0.15, 0.2) is 0 Å². The van der Waals surface area contributed by atoms with Crippen LogP contribution in [0.3, 0.4) is 0 Å². The van der Waals surface area contributed by atoms with E-state index in [1.165, 1.54) is 0 Å². The van der Waals surface area contributed by atoms with Crippen LogP contribution in [0.4, 0.5) is 4.79 Å². The molecule has 0 saturated carbocycles. The summed E-state index contributed by atoms with van der Waals surface area (Å²) in [5.41, 5.74) is 4.52. The van der Waals surface area contributed by atoms with Crippen molar-refractivity contribution in [3.8, 4) is 0 Å². The molecular formula is C13H25N3O4. The average Bonchev–Trinajstić information content (AvgIpc) is 2.33. The maximum absolute atomic E-state index is 11.9. The van der Waals surface area contributed by atoms with Crippen LogP contribution in [0, 0.1) is 0 Å². The molecule has 0 unspecified atom stereocenters. The summed E-state index contributed by atoms with van der Waals surface area (Å²) in [6.45, 7) is 9.57. The number of ether oxygens (including phenoxy) is 2. The fourth-order valence-corrected chi connectivity index (χ4v) is 1.85. The highest BCUT2D eigenvalue weighted by atomic mass is 16.6. The molecule has 0 radical (unpaired) electrons. The van der Waals surface area contributed by atoms with E-state index in [0.29, 0.717) is 19.7 Å². The molecule has 0 aliphatic carbocycles. The number of nitrogens with two attached hydrogens (primary N) is 1. The Balaban J connectivity index is 2.19. The standard InChI is InChI=1S/C13H25N3O4/c1-13(2,3)20-12(18)16-6-4-15(5-7-16)8-9-19-10-11(14)17/h4-10H2,1-3H3,(H2,14,17). The third kappa shape index (κ3) is 6.72. The lowest BCUT2D eigenvalue weighted by atomic mass is 10.2.